The van der Waals surface area contributed by atoms with E-state index in [1.54, 1.807) is 12.1 Å². The van der Waals surface area contributed by atoms with Crippen LogP contribution in [0.4, 0.5) is 4.39 Å². The Morgan fingerprint density at radius 2 is 1.85 bits per heavy atom. The molecule has 0 N–H and O–H groups in total. The van der Waals surface area contributed by atoms with Crippen LogP contribution in [0.1, 0.15) is 0 Å². The van der Waals surface area contributed by atoms with Crippen molar-refractivity contribution in [2.45, 2.75) is 0 Å². The zero-order chi connectivity index (χ0) is 9.26. The maximum absolute atomic E-state index is 12.5. The van der Waals surface area contributed by atoms with E-state index in [0.29, 0.717) is 16.3 Å². The lowest BCUT2D eigenvalue weighted by atomic mass is 10.2. The van der Waals surface area contributed by atoms with Gasteiger partial charge in [0.15, 0.2) is 0 Å². The molecule has 1 aromatic heterocycles. The van der Waals surface area contributed by atoms with Gasteiger partial charge in [0.05, 0.1) is 0 Å². The first kappa shape index (κ1) is 8.37. The predicted molar refractivity (Wildman–Crippen MR) is 47.4 cm³/mol. The van der Waals surface area contributed by atoms with Gasteiger partial charge in [0.25, 0.3) is 4.80 Å². The fourth-order valence-electron chi connectivity index (χ4n) is 0.914. The number of benzene rings is 1. The minimum Gasteiger partial charge on any atom is -0.411 e. The van der Waals surface area contributed by atoms with Crippen molar-refractivity contribution in [2.75, 3.05) is 0 Å². The van der Waals surface area contributed by atoms with E-state index in [2.05, 4.69) is 26.1 Å². The lowest BCUT2D eigenvalue weighted by molar-refractivity contribution is 0.540. The third-order valence-corrected chi connectivity index (χ3v) is 1.81. The second-order valence-corrected chi connectivity index (χ2v) is 3.05. The maximum Gasteiger partial charge on any atom is 0.285 e. The van der Waals surface area contributed by atoms with Gasteiger partial charge in [0.1, 0.15) is 5.82 Å². The molecule has 1 aromatic carbocycles. The quantitative estimate of drug-likeness (QED) is 0.772. The van der Waals surface area contributed by atoms with Gasteiger partial charge in [-0.2, -0.15) is 0 Å². The maximum atomic E-state index is 12.5. The fraction of sp³-hybridized carbons (Fsp3) is 0. The summed E-state index contributed by atoms with van der Waals surface area (Å²) < 4.78 is 17.6. The highest BCUT2D eigenvalue weighted by molar-refractivity contribution is 9.10. The number of hydrogen-bond donors (Lipinski definition) is 0. The average Bonchev–Trinajstić information content (AvgIpc) is 2.53. The van der Waals surface area contributed by atoms with Gasteiger partial charge in [-0.3, -0.25) is 0 Å². The third kappa shape index (κ3) is 1.75. The van der Waals surface area contributed by atoms with Crippen molar-refractivity contribution < 1.29 is 8.81 Å². The third-order valence-electron chi connectivity index (χ3n) is 1.49. The van der Waals surface area contributed by atoms with E-state index in [4.69, 9.17) is 4.42 Å². The Bertz CT molecular complexity index is 412. The Kier molecular flexibility index (Phi) is 2.10. The minimum absolute atomic E-state index is 0.290. The Labute approximate surface area is 81.7 Å². The van der Waals surface area contributed by atoms with Gasteiger partial charge in [0.2, 0.25) is 5.89 Å². The Morgan fingerprint density at radius 3 is 2.38 bits per heavy atom. The number of aromatic nitrogens is 2. The highest BCUT2D eigenvalue weighted by atomic mass is 79.9. The molecule has 0 aliphatic heterocycles. The fourth-order valence-corrected chi connectivity index (χ4v) is 1.15. The second kappa shape index (κ2) is 3.26. The van der Waals surface area contributed by atoms with Gasteiger partial charge in [-0.25, -0.2) is 4.39 Å². The van der Waals surface area contributed by atoms with E-state index in [9.17, 15) is 4.39 Å². The van der Waals surface area contributed by atoms with Crippen molar-refractivity contribution in [3.8, 4) is 11.5 Å². The van der Waals surface area contributed by atoms with E-state index >= 15 is 0 Å². The van der Waals surface area contributed by atoms with E-state index in [1.165, 1.54) is 12.1 Å². The molecule has 66 valence electrons. The summed E-state index contributed by atoms with van der Waals surface area (Å²) >= 11 is 3.03. The topological polar surface area (TPSA) is 38.9 Å². The molecule has 1 heterocycles. The molecular formula is C8H4BrFN2O. The van der Waals surface area contributed by atoms with Crippen LogP contribution in [0.2, 0.25) is 0 Å². The molecular weight excluding hydrogens is 239 g/mol. The van der Waals surface area contributed by atoms with Gasteiger partial charge < -0.3 is 4.42 Å². The van der Waals surface area contributed by atoms with Crippen LogP contribution in [-0.4, -0.2) is 10.2 Å². The molecule has 0 aliphatic rings. The van der Waals surface area contributed by atoms with E-state index in [-0.39, 0.29) is 5.82 Å². The van der Waals surface area contributed by atoms with Crippen LogP contribution < -0.4 is 0 Å². The van der Waals surface area contributed by atoms with Crippen LogP contribution in [-0.2, 0) is 0 Å². The van der Waals surface area contributed by atoms with Crippen molar-refractivity contribution in [3.05, 3.63) is 34.9 Å². The lowest BCUT2D eigenvalue weighted by Gasteiger charge is -1.92. The van der Waals surface area contributed by atoms with E-state index in [0.717, 1.165) is 0 Å². The van der Waals surface area contributed by atoms with E-state index < -0.39 is 0 Å². The summed E-state index contributed by atoms with van der Waals surface area (Å²) in [5, 5.41) is 7.35. The summed E-state index contributed by atoms with van der Waals surface area (Å²) in [6.07, 6.45) is 0. The normalized spacial score (nSPS) is 10.3. The number of halogens is 2. The summed E-state index contributed by atoms with van der Waals surface area (Å²) in [6.45, 7) is 0. The first-order valence-corrected chi connectivity index (χ1v) is 4.30. The van der Waals surface area contributed by atoms with Crippen LogP contribution in [0.25, 0.3) is 11.5 Å². The summed E-state index contributed by atoms with van der Waals surface area (Å²) in [5.41, 5.74) is 0.694. The van der Waals surface area contributed by atoms with Crippen molar-refractivity contribution in [1.82, 2.24) is 10.2 Å². The zero-order valence-electron chi connectivity index (χ0n) is 6.37. The standard InChI is InChI=1S/C8H4BrFN2O/c9-8-12-11-7(13-8)5-1-3-6(10)4-2-5/h1-4H. The largest absolute Gasteiger partial charge is 0.411 e. The molecule has 0 aliphatic carbocycles. The van der Waals surface area contributed by atoms with Crippen LogP contribution in [0.15, 0.2) is 33.5 Å². The first-order valence-electron chi connectivity index (χ1n) is 3.50. The molecule has 0 atom stereocenters. The van der Waals surface area contributed by atoms with Gasteiger partial charge in [-0.05, 0) is 24.3 Å². The number of hydrogen-bond acceptors (Lipinski definition) is 3. The summed E-state index contributed by atoms with van der Waals surface area (Å²) in [7, 11) is 0. The predicted octanol–water partition coefficient (Wildman–Crippen LogP) is 2.64. The summed E-state index contributed by atoms with van der Waals surface area (Å²) in [5.74, 6) is 0.0780. The monoisotopic (exact) mass is 242 g/mol. The van der Waals surface area contributed by atoms with Crippen molar-refractivity contribution in [1.29, 1.82) is 0 Å². The van der Waals surface area contributed by atoms with Gasteiger partial charge in [0, 0.05) is 21.5 Å². The molecule has 0 saturated carbocycles. The molecule has 13 heavy (non-hydrogen) atoms. The molecule has 0 unspecified atom stereocenters. The Morgan fingerprint density at radius 1 is 1.15 bits per heavy atom. The number of nitrogens with zero attached hydrogens (tertiary/aromatic N) is 2. The van der Waals surface area contributed by atoms with Crippen molar-refractivity contribution >= 4 is 15.9 Å². The van der Waals surface area contributed by atoms with Gasteiger partial charge >= 0.3 is 0 Å². The highest BCUT2D eigenvalue weighted by Gasteiger charge is 2.05. The highest BCUT2D eigenvalue weighted by Crippen LogP contribution is 2.19. The molecule has 2 rings (SSSR count). The van der Waals surface area contributed by atoms with Gasteiger partial charge in [-0.15, -0.1) is 10.2 Å². The van der Waals surface area contributed by atoms with Crippen molar-refractivity contribution in [2.24, 2.45) is 0 Å². The van der Waals surface area contributed by atoms with Crippen LogP contribution in [0.3, 0.4) is 0 Å². The smallest absolute Gasteiger partial charge is 0.285 e. The van der Waals surface area contributed by atoms with Crippen LogP contribution in [0.5, 0.6) is 0 Å². The number of rotatable bonds is 1. The molecule has 3 nitrogen and oxygen atoms in total. The molecule has 0 saturated heterocycles. The molecule has 0 fully saturated rings. The second-order valence-electron chi connectivity index (χ2n) is 2.37. The van der Waals surface area contributed by atoms with Gasteiger partial charge in [-0.1, -0.05) is 0 Å². The molecule has 2 aromatic rings. The molecule has 0 spiro atoms. The molecule has 0 radical (unpaired) electrons. The first-order chi connectivity index (χ1) is 6.25. The van der Waals surface area contributed by atoms with E-state index in [1.807, 2.05) is 0 Å². The SMILES string of the molecule is Fc1ccc(-c2nnc(Br)o2)cc1. The zero-order valence-corrected chi connectivity index (χ0v) is 7.95. The lowest BCUT2D eigenvalue weighted by Crippen LogP contribution is -1.78. The minimum atomic E-state index is -0.290. The summed E-state index contributed by atoms with van der Waals surface area (Å²) in [6, 6.07) is 5.84. The molecule has 5 heteroatoms. The summed E-state index contributed by atoms with van der Waals surface area (Å²) in [4.78, 5) is 0.312. The van der Waals surface area contributed by atoms with Crippen LogP contribution >= 0.6 is 15.9 Å². The van der Waals surface area contributed by atoms with Crippen LogP contribution in [0, 0.1) is 5.82 Å². The molecule has 0 bridgehead atoms. The Hall–Kier alpha value is -1.23. The molecule has 0 amide bonds. The average molecular weight is 243 g/mol. The van der Waals surface area contributed by atoms with Crippen molar-refractivity contribution in [3.63, 3.8) is 0 Å². The Balaban J connectivity index is 2.41.